The molecule has 2 amide bonds. The molecule has 0 radical (unpaired) electrons. The molecule has 0 saturated carbocycles. The number of thioether (sulfide) groups is 1. The fourth-order valence-corrected chi connectivity index (χ4v) is 3.90. The Morgan fingerprint density at radius 2 is 2.15 bits per heavy atom. The predicted molar refractivity (Wildman–Crippen MR) is 96.0 cm³/mol. The summed E-state index contributed by atoms with van der Waals surface area (Å²) in [6.45, 7) is 0. The van der Waals surface area contributed by atoms with Gasteiger partial charge in [-0.15, -0.1) is 0 Å². The van der Waals surface area contributed by atoms with Gasteiger partial charge < -0.3 is 9.84 Å². The van der Waals surface area contributed by atoms with E-state index in [0.717, 1.165) is 16.7 Å². The molecule has 2 aromatic rings. The van der Waals surface area contributed by atoms with Crippen molar-refractivity contribution >= 4 is 46.8 Å². The number of hydrogen-bond donors (Lipinski definition) is 1. The van der Waals surface area contributed by atoms with Crippen LogP contribution in [0.4, 0.5) is 5.69 Å². The van der Waals surface area contributed by atoms with Crippen LogP contribution >= 0.6 is 23.4 Å². The normalized spacial score (nSPS) is 16.8. The Hall–Kier alpha value is -2.58. The zero-order valence-corrected chi connectivity index (χ0v) is 15.1. The summed E-state index contributed by atoms with van der Waals surface area (Å²) in [7, 11) is 1.46. The number of carbonyl (C=O) groups is 3. The van der Waals surface area contributed by atoms with Crippen LogP contribution in [-0.2, 0) is 9.59 Å². The van der Waals surface area contributed by atoms with Crippen molar-refractivity contribution in [1.82, 2.24) is 4.98 Å². The summed E-state index contributed by atoms with van der Waals surface area (Å²) in [5.41, 5.74) is 0.331. The molecular formula is C17H13ClN2O5S. The third kappa shape index (κ3) is 3.38. The molecule has 1 aromatic carbocycles. The highest BCUT2D eigenvalue weighted by molar-refractivity contribution is 8.00. The highest BCUT2D eigenvalue weighted by Gasteiger charge is 2.41. The average molecular weight is 393 g/mol. The number of anilines is 1. The summed E-state index contributed by atoms with van der Waals surface area (Å²) in [6.07, 6.45) is 1.39. The van der Waals surface area contributed by atoms with Crippen LogP contribution in [0.15, 0.2) is 41.6 Å². The second kappa shape index (κ2) is 7.35. The summed E-state index contributed by atoms with van der Waals surface area (Å²) in [4.78, 5) is 41.4. The third-order valence-electron chi connectivity index (χ3n) is 3.75. The van der Waals surface area contributed by atoms with Crippen LogP contribution in [0.5, 0.6) is 5.75 Å². The number of rotatable bonds is 5. The van der Waals surface area contributed by atoms with Gasteiger partial charge in [0.25, 0.3) is 0 Å². The Morgan fingerprint density at radius 3 is 2.81 bits per heavy atom. The van der Waals surface area contributed by atoms with Crippen LogP contribution < -0.4 is 9.64 Å². The molecule has 2 heterocycles. The number of nitrogens with zero attached hydrogens (tertiary/aromatic N) is 2. The number of carbonyl (C=O) groups excluding carboxylic acids is 2. The molecule has 3 rings (SSSR count). The Balaban J connectivity index is 1.86. The molecule has 134 valence electrons. The molecule has 0 unspecified atom stereocenters. The molecule has 1 aliphatic heterocycles. The first-order valence-electron chi connectivity index (χ1n) is 7.47. The lowest BCUT2D eigenvalue weighted by atomic mass is 10.3. The number of amides is 2. The first-order chi connectivity index (χ1) is 12.4. The largest absolute Gasteiger partial charge is 0.495 e. The van der Waals surface area contributed by atoms with E-state index in [0.29, 0.717) is 11.4 Å². The van der Waals surface area contributed by atoms with Gasteiger partial charge in [-0.2, -0.15) is 0 Å². The number of aromatic carboxylic acids is 1. The van der Waals surface area contributed by atoms with Crippen molar-refractivity contribution in [3.63, 3.8) is 0 Å². The Morgan fingerprint density at radius 1 is 1.38 bits per heavy atom. The topological polar surface area (TPSA) is 96.8 Å². The van der Waals surface area contributed by atoms with E-state index in [1.165, 1.54) is 31.5 Å². The van der Waals surface area contributed by atoms with E-state index in [2.05, 4.69) is 4.98 Å². The van der Waals surface area contributed by atoms with Crippen molar-refractivity contribution < 1.29 is 24.2 Å². The Labute approximate surface area is 157 Å². The monoisotopic (exact) mass is 392 g/mol. The van der Waals surface area contributed by atoms with Crippen molar-refractivity contribution in [2.24, 2.45) is 0 Å². The number of benzene rings is 1. The van der Waals surface area contributed by atoms with Crippen LogP contribution in [0.1, 0.15) is 16.8 Å². The van der Waals surface area contributed by atoms with E-state index < -0.39 is 17.1 Å². The van der Waals surface area contributed by atoms with Gasteiger partial charge >= 0.3 is 5.97 Å². The fourth-order valence-electron chi connectivity index (χ4n) is 2.54. The Kier molecular flexibility index (Phi) is 5.15. The minimum Gasteiger partial charge on any atom is -0.495 e. The van der Waals surface area contributed by atoms with Crippen LogP contribution in [0, 0.1) is 0 Å². The molecule has 1 saturated heterocycles. The molecular weight excluding hydrogens is 380 g/mol. The maximum Gasteiger partial charge on any atom is 0.338 e. The highest BCUT2D eigenvalue weighted by atomic mass is 35.5. The minimum atomic E-state index is -1.14. The maximum atomic E-state index is 12.7. The number of ether oxygens (including phenoxy) is 1. The molecule has 1 atom stereocenters. The lowest BCUT2D eigenvalue weighted by Gasteiger charge is -2.16. The number of carboxylic acids is 1. The van der Waals surface area contributed by atoms with Gasteiger partial charge in [0.05, 0.1) is 28.6 Å². The molecule has 1 N–H and O–H groups in total. The van der Waals surface area contributed by atoms with Gasteiger partial charge in [-0.05, 0) is 30.3 Å². The summed E-state index contributed by atoms with van der Waals surface area (Å²) in [6, 6.07) is 7.52. The fraction of sp³-hybridized carbons (Fsp3) is 0.176. The average Bonchev–Trinajstić information content (AvgIpc) is 2.88. The highest BCUT2D eigenvalue weighted by Crippen LogP contribution is 2.36. The number of methoxy groups -OCH3 is 1. The van der Waals surface area contributed by atoms with E-state index >= 15 is 0 Å². The van der Waals surface area contributed by atoms with Crippen LogP contribution in [0.3, 0.4) is 0 Å². The van der Waals surface area contributed by atoms with Crippen LogP contribution in [0.2, 0.25) is 5.02 Å². The molecule has 0 bridgehead atoms. The van der Waals surface area contributed by atoms with Crippen molar-refractivity contribution in [1.29, 1.82) is 0 Å². The zero-order valence-electron chi connectivity index (χ0n) is 13.5. The Bertz CT molecular complexity index is 904. The number of halogens is 1. The number of hydrogen-bond acceptors (Lipinski definition) is 6. The summed E-state index contributed by atoms with van der Waals surface area (Å²) >= 11 is 7.04. The number of pyridine rings is 1. The summed E-state index contributed by atoms with van der Waals surface area (Å²) in [5.74, 6) is -1.54. The zero-order chi connectivity index (χ0) is 18.8. The second-order valence-electron chi connectivity index (χ2n) is 5.36. The van der Waals surface area contributed by atoms with Crippen molar-refractivity contribution in [3.05, 3.63) is 47.1 Å². The predicted octanol–water partition coefficient (Wildman–Crippen LogP) is 2.87. The lowest BCUT2D eigenvalue weighted by molar-refractivity contribution is -0.121. The van der Waals surface area contributed by atoms with E-state index in [1.807, 2.05) is 0 Å². The van der Waals surface area contributed by atoms with Crippen molar-refractivity contribution in [2.75, 3.05) is 12.0 Å². The summed E-state index contributed by atoms with van der Waals surface area (Å²) < 4.78 is 5.06. The maximum absolute atomic E-state index is 12.7. The molecule has 7 nitrogen and oxygen atoms in total. The van der Waals surface area contributed by atoms with E-state index in [4.69, 9.17) is 16.3 Å². The van der Waals surface area contributed by atoms with Crippen LogP contribution in [0.25, 0.3) is 0 Å². The number of imide groups is 1. The first kappa shape index (κ1) is 18.2. The quantitative estimate of drug-likeness (QED) is 0.781. The van der Waals surface area contributed by atoms with Gasteiger partial charge in [0.15, 0.2) is 0 Å². The number of carboxylic acid groups (broad SMARTS) is 1. The molecule has 1 aromatic heterocycles. The molecule has 1 aliphatic rings. The smallest absolute Gasteiger partial charge is 0.338 e. The van der Waals surface area contributed by atoms with Gasteiger partial charge in [0, 0.05) is 12.6 Å². The standard InChI is InChI=1S/C17H13ClN2O5S/c1-25-12-5-4-9(7-11(12)18)20-14(21)8-13(16(20)22)26-15-10(17(23)24)3-2-6-19-15/h2-7,13H,8H2,1H3,(H,23,24)/t13-/m0/s1. The second-order valence-corrected chi connectivity index (χ2v) is 6.96. The van der Waals surface area contributed by atoms with Gasteiger partial charge in [-0.1, -0.05) is 23.4 Å². The molecule has 0 aliphatic carbocycles. The number of aromatic nitrogens is 1. The third-order valence-corrected chi connectivity index (χ3v) is 5.25. The van der Waals surface area contributed by atoms with Crippen molar-refractivity contribution in [3.8, 4) is 5.75 Å². The van der Waals surface area contributed by atoms with Gasteiger partial charge in [0.2, 0.25) is 11.8 Å². The summed E-state index contributed by atoms with van der Waals surface area (Å²) in [5, 5.41) is 8.94. The molecule has 1 fully saturated rings. The molecule has 0 spiro atoms. The molecule has 26 heavy (non-hydrogen) atoms. The van der Waals surface area contributed by atoms with E-state index in [1.54, 1.807) is 12.1 Å². The first-order valence-corrected chi connectivity index (χ1v) is 8.73. The van der Waals surface area contributed by atoms with Gasteiger partial charge in [0.1, 0.15) is 10.8 Å². The van der Waals surface area contributed by atoms with Crippen LogP contribution in [-0.4, -0.2) is 40.2 Å². The van der Waals surface area contributed by atoms with Gasteiger partial charge in [-0.3, -0.25) is 9.59 Å². The van der Waals surface area contributed by atoms with E-state index in [9.17, 15) is 19.5 Å². The van der Waals surface area contributed by atoms with E-state index in [-0.39, 0.29) is 27.9 Å². The van der Waals surface area contributed by atoms with Crippen molar-refractivity contribution in [2.45, 2.75) is 16.7 Å². The van der Waals surface area contributed by atoms with Gasteiger partial charge in [-0.25, -0.2) is 14.7 Å². The lowest BCUT2D eigenvalue weighted by Crippen LogP contribution is -2.31. The minimum absolute atomic E-state index is 0.0105. The molecule has 9 heteroatoms. The SMILES string of the molecule is COc1ccc(N2C(=O)C[C@H](Sc3ncccc3C(=O)O)C2=O)cc1Cl.